The highest BCUT2D eigenvalue weighted by Crippen LogP contribution is 2.38. The van der Waals surface area contributed by atoms with Crippen molar-refractivity contribution >= 4 is 50.7 Å². The van der Waals surface area contributed by atoms with E-state index in [1.165, 1.54) is 69.7 Å². The van der Waals surface area contributed by atoms with E-state index in [1.54, 1.807) is 25.1 Å². The van der Waals surface area contributed by atoms with Gasteiger partial charge in [0.1, 0.15) is 24.1 Å². The number of amides is 2. The van der Waals surface area contributed by atoms with Crippen LogP contribution in [0.5, 0.6) is 23.0 Å². The van der Waals surface area contributed by atoms with E-state index >= 15 is 0 Å². The first-order valence-corrected chi connectivity index (χ1v) is 16.6. The van der Waals surface area contributed by atoms with Crippen LogP contribution in [0, 0.1) is 0 Å². The summed E-state index contributed by atoms with van der Waals surface area (Å²) in [5.74, 6) is -0.0684. The largest absolute Gasteiger partial charge is 0.497 e. The van der Waals surface area contributed by atoms with Crippen molar-refractivity contribution < 1.29 is 37.0 Å². The molecular weight excluding hydrogens is 657 g/mol. The zero-order chi connectivity index (χ0) is 34.0. The molecule has 0 saturated carbocycles. The number of carbonyl (C=O) groups is 2. The maximum atomic E-state index is 14.4. The van der Waals surface area contributed by atoms with Crippen LogP contribution < -0.4 is 28.6 Å². The summed E-state index contributed by atoms with van der Waals surface area (Å²) in [6.45, 7) is 3.29. The Bertz CT molecular complexity index is 1640. The number of nitrogens with zero attached hydrogens (tertiary/aromatic N) is 2. The monoisotopic (exact) mass is 695 g/mol. The van der Waals surface area contributed by atoms with E-state index in [-0.39, 0.29) is 41.0 Å². The molecule has 0 bridgehead atoms. The van der Waals surface area contributed by atoms with Crippen molar-refractivity contribution in [1.82, 2.24) is 10.2 Å². The second-order valence-corrected chi connectivity index (χ2v) is 12.7. The van der Waals surface area contributed by atoms with Gasteiger partial charge < -0.3 is 29.2 Å². The van der Waals surface area contributed by atoms with Gasteiger partial charge in [-0.05, 0) is 54.8 Å². The van der Waals surface area contributed by atoms with Gasteiger partial charge in [-0.25, -0.2) is 8.42 Å². The molecule has 0 aliphatic carbocycles. The predicted octanol–water partition coefficient (Wildman–Crippen LogP) is 5.56. The van der Waals surface area contributed by atoms with Gasteiger partial charge in [0.15, 0.2) is 11.5 Å². The third-order valence-corrected chi connectivity index (χ3v) is 9.51. The highest BCUT2D eigenvalue weighted by Gasteiger charge is 2.35. The molecule has 3 rings (SSSR count). The summed E-state index contributed by atoms with van der Waals surface area (Å²) in [4.78, 5) is 28.9. The fraction of sp³-hybridized carbons (Fsp3) is 0.375. The summed E-state index contributed by atoms with van der Waals surface area (Å²) in [5, 5.41) is 3.53. The van der Waals surface area contributed by atoms with Crippen molar-refractivity contribution in [3.05, 3.63) is 70.2 Å². The number of hydrogen-bond acceptors (Lipinski definition) is 8. The van der Waals surface area contributed by atoms with Crippen molar-refractivity contribution in [1.29, 1.82) is 0 Å². The minimum Gasteiger partial charge on any atom is -0.497 e. The fourth-order valence-electron chi connectivity index (χ4n) is 4.73. The zero-order valence-electron chi connectivity index (χ0n) is 26.6. The van der Waals surface area contributed by atoms with E-state index in [2.05, 4.69) is 5.32 Å². The minimum absolute atomic E-state index is 0.0398. The molecule has 0 heterocycles. The maximum Gasteiger partial charge on any atom is 0.265 e. The summed E-state index contributed by atoms with van der Waals surface area (Å²) in [5.41, 5.74) is 0.562. The molecule has 46 heavy (non-hydrogen) atoms. The average Bonchev–Trinajstić information content (AvgIpc) is 3.06. The first-order chi connectivity index (χ1) is 21.9. The number of carbonyl (C=O) groups excluding carboxylic acids is 2. The molecule has 0 aliphatic rings. The van der Waals surface area contributed by atoms with Gasteiger partial charge in [-0.3, -0.25) is 13.9 Å². The number of halogens is 2. The molecule has 0 fully saturated rings. The second-order valence-electron chi connectivity index (χ2n) is 10.0. The van der Waals surface area contributed by atoms with Crippen LogP contribution in [0.25, 0.3) is 0 Å². The molecule has 0 saturated heterocycles. The quantitative estimate of drug-likeness (QED) is 0.207. The highest BCUT2D eigenvalue weighted by molar-refractivity contribution is 7.92. The topological polar surface area (TPSA) is 124 Å². The molecule has 250 valence electrons. The van der Waals surface area contributed by atoms with Crippen LogP contribution in [0.3, 0.4) is 0 Å². The van der Waals surface area contributed by atoms with Gasteiger partial charge in [-0.1, -0.05) is 43.1 Å². The number of methoxy groups -OCH3 is 4. The molecule has 1 atom stereocenters. The number of sulfonamides is 1. The summed E-state index contributed by atoms with van der Waals surface area (Å²) < 4.78 is 51.3. The smallest absolute Gasteiger partial charge is 0.265 e. The Balaban J connectivity index is 2.21. The SMILES string of the molecule is CCCNC(=O)[C@H](CC)N(Cc1ccc(Cl)cc1Cl)C(=O)CN(c1cc(OC)ccc1OC)S(=O)(=O)c1ccc(OC)c(OC)c1. The fourth-order valence-corrected chi connectivity index (χ4v) is 6.63. The number of benzene rings is 3. The van der Waals surface area contributed by atoms with E-state index in [0.717, 1.165) is 4.31 Å². The van der Waals surface area contributed by atoms with Gasteiger partial charge in [0, 0.05) is 35.3 Å². The van der Waals surface area contributed by atoms with Crippen LogP contribution in [0.4, 0.5) is 5.69 Å². The Morgan fingerprint density at radius 3 is 2.11 bits per heavy atom. The Hall–Kier alpha value is -3.87. The Morgan fingerprint density at radius 2 is 1.52 bits per heavy atom. The average molecular weight is 697 g/mol. The van der Waals surface area contributed by atoms with Gasteiger partial charge in [0.05, 0.1) is 39.0 Å². The molecule has 3 aromatic rings. The zero-order valence-corrected chi connectivity index (χ0v) is 29.0. The van der Waals surface area contributed by atoms with Crippen LogP contribution in [-0.4, -0.2) is 72.7 Å². The Morgan fingerprint density at radius 1 is 0.848 bits per heavy atom. The van der Waals surface area contributed by atoms with Crippen molar-refractivity contribution in [2.24, 2.45) is 0 Å². The van der Waals surface area contributed by atoms with Crippen molar-refractivity contribution in [2.75, 3.05) is 45.8 Å². The first kappa shape index (κ1) is 36.6. The number of hydrogen-bond donors (Lipinski definition) is 1. The number of ether oxygens (including phenoxy) is 4. The molecule has 0 aromatic heterocycles. The van der Waals surface area contributed by atoms with E-state index in [9.17, 15) is 18.0 Å². The van der Waals surface area contributed by atoms with Crippen LogP contribution in [0.15, 0.2) is 59.5 Å². The Kier molecular flexibility index (Phi) is 13.2. The van der Waals surface area contributed by atoms with Gasteiger partial charge in [-0.2, -0.15) is 0 Å². The normalized spacial score (nSPS) is 11.7. The van der Waals surface area contributed by atoms with Crippen LogP contribution in [-0.2, 0) is 26.2 Å². The lowest BCUT2D eigenvalue weighted by molar-refractivity contribution is -0.140. The molecule has 1 N–H and O–H groups in total. The maximum absolute atomic E-state index is 14.4. The van der Waals surface area contributed by atoms with E-state index in [1.807, 2.05) is 6.92 Å². The van der Waals surface area contributed by atoms with Crippen molar-refractivity contribution in [2.45, 2.75) is 44.2 Å². The highest BCUT2D eigenvalue weighted by atomic mass is 35.5. The molecular formula is C32H39Cl2N3O8S. The van der Waals surface area contributed by atoms with Crippen LogP contribution >= 0.6 is 23.2 Å². The van der Waals surface area contributed by atoms with Crippen molar-refractivity contribution in [3.8, 4) is 23.0 Å². The molecule has 3 aromatic carbocycles. The molecule has 14 heteroatoms. The van der Waals surface area contributed by atoms with Crippen molar-refractivity contribution in [3.63, 3.8) is 0 Å². The van der Waals surface area contributed by atoms with Gasteiger partial charge in [0.25, 0.3) is 10.0 Å². The van der Waals surface area contributed by atoms with Crippen LogP contribution in [0.2, 0.25) is 10.0 Å². The van der Waals surface area contributed by atoms with E-state index < -0.39 is 28.5 Å². The lowest BCUT2D eigenvalue weighted by Crippen LogP contribution is -2.52. The predicted molar refractivity (Wildman–Crippen MR) is 178 cm³/mol. The van der Waals surface area contributed by atoms with Gasteiger partial charge in [0.2, 0.25) is 11.8 Å². The van der Waals surface area contributed by atoms with E-state index in [0.29, 0.717) is 40.1 Å². The van der Waals surface area contributed by atoms with Gasteiger partial charge >= 0.3 is 0 Å². The molecule has 0 spiro atoms. The summed E-state index contributed by atoms with van der Waals surface area (Å²) in [7, 11) is 1.15. The van der Waals surface area contributed by atoms with E-state index in [4.69, 9.17) is 42.1 Å². The number of rotatable bonds is 16. The lowest BCUT2D eigenvalue weighted by atomic mass is 10.1. The summed E-state index contributed by atoms with van der Waals surface area (Å²) >= 11 is 12.6. The minimum atomic E-state index is -4.48. The number of nitrogens with one attached hydrogen (secondary N) is 1. The molecule has 0 unspecified atom stereocenters. The summed E-state index contributed by atoms with van der Waals surface area (Å²) in [6.07, 6.45) is 0.934. The standard InChI is InChI=1S/C32H39Cl2N3O8S/c1-7-15-35-32(39)26(8-2)36(19-21-9-10-22(33)16-25(21)34)31(38)20-37(27-17-23(42-3)11-13-28(27)43-4)46(40,41)24-12-14-29(44-5)30(18-24)45-6/h9-14,16-18,26H,7-8,15,19-20H2,1-6H3,(H,35,39)/t26-/m0/s1. The molecule has 11 nitrogen and oxygen atoms in total. The third-order valence-electron chi connectivity index (χ3n) is 7.17. The second kappa shape index (κ2) is 16.6. The number of anilines is 1. The van der Waals surface area contributed by atoms with Crippen LogP contribution in [0.1, 0.15) is 32.3 Å². The first-order valence-electron chi connectivity index (χ1n) is 14.4. The lowest BCUT2D eigenvalue weighted by Gasteiger charge is -2.33. The third kappa shape index (κ3) is 8.48. The Labute approximate surface area is 280 Å². The molecule has 0 aliphatic heterocycles. The van der Waals surface area contributed by atoms with Gasteiger partial charge in [-0.15, -0.1) is 0 Å². The molecule has 2 amide bonds. The molecule has 0 radical (unpaired) electrons. The summed E-state index contributed by atoms with van der Waals surface area (Å²) in [6, 6.07) is 12.6.